The van der Waals surface area contributed by atoms with Crippen molar-refractivity contribution in [3.05, 3.63) is 47.4 Å². The van der Waals surface area contributed by atoms with Crippen LogP contribution in [0, 0.1) is 19.7 Å². The Morgan fingerprint density at radius 2 is 1.97 bits per heavy atom. The zero-order chi connectivity index (χ0) is 21.9. The molecule has 1 N–H and O–H groups in total. The monoisotopic (exact) mass is 455 g/mol. The summed E-state index contributed by atoms with van der Waals surface area (Å²) in [6, 6.07) is 5.18. The summed E-state index contributed by atoms with van der Waals surface area (Å²) >= 11 is 1.42. The fourth-order valence-electron chi connectivity index (χ4n) is 2.85. The first-order valence-electron chi connectivity index (χ1n) is 9.04. The third-order valence-electron chi connectivity index (χ3n) is 4.22. The zero-order valence-corrected chi connectivity index (χ0v) is 18.6. The summed E-state index contributed by atoms with van der Waals surface area (Å²) in [7, 11) is -2.07. The Balaban J connectivity index is 1.59. The molecule has 0 saturated heterocycles. The molecular weight excluding hydrogens is 433 g/mol. The minimum Gasteiger partial charge on any atom is -0.493 e. The number of hydrogen-bond donors (Lipinski definition) is 1. The standard InChI is InChI=1S/C18H22FN5O4S2/c1-11-16(13(3)28-22-11)30(25,26)23-12(2)17-20-21-18(24(17)4)29-10-9-27-15-7-5-14(19)6-8-15/h5-8,12,23H,9-10H2,1-4H3. The number of sulfonamides is 1. The Bertz CT molecular complexity index is 1090. The fourth-order valence-corrected chi connectivity index (χ4v) is 5.12. The molecule has 2 aromatic heterocycles. The average Bonchev–Trinajstić information content (AvgIpc) is 3.22. The lowest BCUT2D eigenvalue weighted by Crippen LogP contribution is -2.29. The Morgan fingerprint density at radius 3 is 2.60 bits per heavy atom. The summed E-state index contributed by atoms with van der Waals surface area (Å²) in [5, 5.41) is 12.6. The second-order valence-corrected chi connectivity index (χ2v) is 9.26. The van der Waals surface area contributed by atoms with Crippen LogP contribution in [0.25, 0.3) is 0 Å². The summed E-state index contributed by atoms with van der Waals surface area (Å²) in [5.74, 6) is 1.54. The van der Waals surface area contributed by atoms with Crippen LogP contribution in [0.15, 0.2) is 38.8 Å². The van der Waals surface area contributed by atoms with Crippen molar-refractivity contribution in [3.8, 4) is 5.75 Å². The number of hydrogen-bond acceptors (Lipinski definition) is 8. The second kappa shape index (κ2) is 9.14. The molecule has 3 aromatic rings. The van der Waals surface area contributed by atoms with Crippen molar-refractivity contribution in [2.45, 2.75) is 36.9 Å². The normalized spacial score (nSPS) is 12.8. The van der Waals surface area contributed by atoms with Gasteiger partial charge in [-0.15, -0.1) is 10.2 Å². The first-order valence-corrected chi connectivity index (χ1v) is 11.5. The van der Waals surface area contributed by atoms with Crippen molar-refractivity contribution in [3.63, 3.8) is 0 Å². The molecule has 0 fully saturated rings. The average molecular weight is 456 g/mol. The van der Waals surface area contributed by atoms with E-state index in [4.69, 9.17) is 9.26 Å². The summed E-state index contributed by atoms with van der Waals surface area (Å²) in [6.45, 7) is 5.20. The van der Waals surface area contributed by atoms with Gasteiger partial charge in [0.1, 0.15) is 22.2 Å². The SMILES string of the molecule is Cc1noc(C)c1S(=O)(=O)NC(C)c1nnc(SCCOc2ccc(F)cc2)n1C. The van der Waals surface area contributed by atoms with Crippen molar-refractivity contribution in [1.29, 1.82) is 0 Å². The van der Waals surface area contributed by atoms with Crippen molar-refractivity contribution in [2.75, 3.05) is 12.4 Å². The number of nitrogens with zero attached hydrogens (tertiary/aromatic N) is 4. The van der Waals surface area contributed by atoms with Crippen molar-refractivity contribution in [2.24, 2.45) is 7.05 Å². The molecule has 1 aromatic carbocycles. The van der Waals surface area contributed by atoms with E-state index in [1.165, 1.54) is 23.9 Å². The van der Waals surface area contributed by atoms with E-state index in [0.29, 0.717) is 34.8 Å². The van der Waals surface area contributed by atoms with Crippen LogP contribution in [0.2, 0.25) is 0 Å². The lowest BCUT2D eigenvalue weighted by Gasteiger charge is -2.13. The smallest absolute Gasteiger partial charge is 0.246 e. The second-order valence-electron chi connectivity index (χ2n) is 6.55. The molecule has 30 heavy (non-hydrogen) atoms. The molecule has 1 unspecified atom stereocenters. The molecule has 0 spiro atoms. The van der Waals surface area contributed by atoms with E-state index < -0.39 is 16.1 Å². The highest BCUT2D eigenvalue weighted by Gasteiger charge is 2.28. The molecule has 1 atom stereocenters. The third kappa shape index (κ3) is 4.99. The van der Waals surface area contributed by atoms with E-state index in [1.54, 1.807) is 44.5 Å². The number of halogens is 1. The van der Waals surface area contributed by atoms with E-state index in [1.807, 2.05) is 0 Å². The predicted molar refractivity (Wildman–Crippen MR) is 108 cm³/mol. The van der Waals surface area contributed by atoms with Gasteiger partial charge in [-0.1, -0.05) is 16.9 Å². The van der Waals surface area contributed by atoms with E-state index in [0.717, 1.165) is 0 Å². The Labute approximate surface area is 178 Å². The highest BCUT2D eigenvalue weighted by atomic mass is 32.2. The Hall–Kier alpha value is -2.44. The van der Waals surface area contributed by atoms with Gasteiger partial charge in [0.2, 0.25) is 10.0 Å². The highest BCUT2D eigenvalue weighted by molar-refractivity contribution is 7.99. The van der Waals surface area contributed by atoms with Crippen LogP contribution in [0.4, 0.5) is 4.39 Å². The van der Waals surface area contributed by atoms with Gasteiger partial charge in [-0.05, 0) is 45.0 Å². The first kappa shape index (κ1) is 22.2. The van der Waals surface area contributed by atoms with Gasteiger partial charge in [-0.3, -0.25) is 0 Å². The van der Waals surface area contributed by atoms with Crippen LogP contribution < -0.4 is 9.46 Å². The molecule has 0 aliphatic heterocycles. The lowest BCUT2D eigenvalue weighted by atomic mass is 10.3. The molecule has 0 amide bonds. The van der Waals surface area contributed by atoms with Gasteiger partial charge in [0, 0.05) is 12.8 Å². The summed E-state index contributed by atoms with van der Waals surface area (Å²) in [5.41, 5.74) is 0.294. The van der Waals surface area contributed by atoms with Gasteiger partial charge in [-0.2, -0.15) is 0 Å². The summed E-state index contributed by atoms with van der Waals surface area (Å²) in [4.78, 5) is 0.0315. The minimum atomic E-state index is -3.83. The maximum Gasteiger partial charge on any atom is 0.246 e. The van der Waals surface area contributed by atoms with E-state index >= 15 is 0 Å². The van der Waals surface area contributed by atoms with Gasteiger partial charge < -0.3 is 13.8 Å². The number of benzene rings is 1. The van der Waals surface area contributed by atoms with Gasteiger partial charge in [0.15, 0.2) is 16.7 Å². The van der Waals surface area contributed by atoms with E-state index in [-0.39, 0.29) is 16.5 Å². The number of nitrogens with one attached hydrogen (secondary N) is 1. The molecule has 2 heterocycles. The zero-order valence-electron chi connectivity index (χ0n) is 16.9. The van der Waals surface area contributed by atoms with Gasteiger partial charge in [-0.25, -0.2) is 17.5 Å². The van der Waals surface area contributed by atoms with Crippen LogP contribution in [0.1, 0.15) is 30.2 Å². The molecule has 0 radical (unpaired) electrons. The van der Waals surface area contributed by atoms with Crippen molar-refractivity contribution in [1.82, 2.24) is 24.6 Å². The minimum absolute atomic E-state index is 0.0315. The summed E-state index contributed by atoms with van der Waals surface area (Å²) in [6.07, 6.45) is 0. The molecule has 0 saturated carbocycles. The Morgan fingerprint density at radius 1 is 1.27 bits per heavy atom. The number of thioether (sulfide) groups is 1. The van der Waals surface area contributed by atoms with Crippen LogP contribution in [-0.2, 0) is 17.1 Å². The van der Waals surface area contributed by atoms with Gasteiger partial charge in [0.25, 0.3) is 0 Å². The van der Waals surface area contributed by atoms with Gasteiger partial charge >= 0.3 is 0 Å². The highest BCUT2D eigenvalue weighted by Crippen LogP contribution is 2.23. The maximum absolute atomic E-state index is 12.9. The molecule has 0 aliphatic rings. The van der Waals surface area contributed by atoms with Crippen LogP contribution in [0.3, 0.4) is 0 Å². The predicted octanol–water partition coefficient (Wildman–Crippen LogP) is 2.77. The summed E-state index contributed by atoms with van der Waals surface area (Å²) < 4.78 is 53.1. The number of rotatable bonds is 9. The van der Waals surface area contributed by atoms with Crippen LogP contribution in [0.5, 0.6) is 5.75 Å². The topological polar surface area (TPSA) is 112 Å². The largest absolute Gasteiger partial charge is 0.493 e. The Kier molecular flexibility index (Phi) is 6.78. The maximum atomic E-state index is 12.9. The molecule has 3 rings (SSSR count). The van der Waals surface area contributed by atoms with E-state index in [9.17, 15) is 12.8 Å². The van der Waals surface area contributed by atoms with Crippen LogP contribution in [-0.4, -0.2) is 40.7 Å². The number of ether oxygens (including phenoxy) is 1. The fraction of sp³-hybridized carbons (Fsp3) is 0.389. The molecule has 162 valence electrons. The number of aromatic nitrogens is 4. The first-order chi connectivity index (χ1) is 14.2. The van der Waals surface area contributed by atoms with Gasteiger partial charge in [0.05, 0.1) is 12.6 Å². The molecule has 9 nitrogen and oxygen atoms in total. The molecule has 0 bridgehead atoms. The lowest BCUT2D eigenvalue weighted by molar-refractivity contribution is 0.343. The third-order valence-corrected chi connectivity index (χ3v) is 6.99. The molecular formula is C18H22FN5O4S2. The van der Waals surface area contributed by atoms with Crippen molar-refractivity contribution < 1.29 is 22.1 Å². The van der Waals surface area contributed by atoms with E-state index in [2.05, 4.69) is 20.1 Å². The van der Waals surface area contributed by atoms with Crippen molar-refractivity contribution >= 4 is 21.8 Å². The molecule has 12 heteroatoms. The van der Waals surface area contributed by atoms with Crippen LogP contribution >= 0.6 is 11.8 Å². The molecule has 0 aliphatic carbocycles. The number of aryl methyl sites for hydroxylation is 2. The quantitative estimate of drug-likeness (QED) is 0.387.